The molecule has 1 aliphatic carbocycles. The van der Waals surface area contributed by atoms with Crippen molar-refractivity contribution >= 4 is 22.2 Å². The summed E-state index contributed by atoms with van der Waals surface area (Å²) in [6.07, 6.45) is 3.20. The Morgan fingerprint density at radius 3 is 2.73 bits per heavy atom. The van der Waals surface area contributed by atoms with Crippen LogP contribution in [0, 0.1) is 12.8 Å². The zero-order valence-corrected chi connectivity index (χ0v) is 13.7. The van der Waals surface area contributed by atoms with Crippen LogP contribution in [0.15, 0.2) is 24.3 Å². The maximum atomic E-state index is 12.6. The molecule has 0 spiro atoms. The predicted octanol–water partition coefficient (Wildman–Crippen LogP) is 4.04. The maximum Gasteiger partial charge on any atom is 0.256 e. The molecule has 2 unspecified atom stereocenters. The summed E-state index contributed by atoms with van der Waals surface area (Å²) in [6.45, 7) is 4.37. The third-order valence-corrected chi connectivity index (χ3v) is 5.89. The number of fused-ring (bicyclic) bond motifs is 3. The van der Waals surface area contributed by atoms with Gasteiger partial charge in [-0.15, -0.1) is 11.3 Å². The smallest absolute Gasteiger partial charge is 0.256 e. The zero-order valence-electron chi connectivity index (χ0n) is 12.9. The van der Waals surface area contributed by atoms with Gasteiger partial charge in [-0.3, -0.25) is 4.79 Å². The van der Waals surface area contributed by atoms with E-state index in [9.17, 15) is 4.79 Å². The molecule has 1 aliphatic heterocycles. The Bertz CT molecular complexity index is 732. The summed E-state index contributed by atoms with van der Waals surface area (Å²) in [4.78, 5) is 14.0. The molecule has 0 saturated heterocycles. The zero-order chi connectivity index (χ0) is 15.3. The number of aryl methyl sites for hydroxylation is 1. The summed E-state index contributed by atoms with van der Waals surface area (Å²) in [5.41, 5.74) is 4.51. The second-order valence-corrected chi connectivity index (χ2v) is 7.62. The third kappa shape index (κ3) is 2.22. The van der Waals surface area contributed by atoms with Crippen LogP contribution in [0.25, 0.3) is 0 Å². The number of benzene rings is 1. The molecule has 0 bridgehead atoms. The van der Waals surface area contributed by atoms with E-state index in [-0.39, 0.29) is 12.1 Å². The monoisotopic (exact) mass is 312 g/mol. The SMILES string of the molecule is Cc1ccc(C2NC(=O)c3c(sc4c3CCC(C)C4)N2)cc1. The molecular weight excluding hydrogens is 292 g/mol. The molecule has 0 radical (unpaired) electrons. The van der Waals surface area contributed by atoms with Gasteiger partial charge in [0.2, 0.25) is 0 Å². The summed E-state index contributed by atoms with van der Waals surface area (Å²) >= 11 is 1.77. The topological polar surface area (TPSA) is 41.1 Å². The predicted molar refractivity (Wildman–Crippen MR) is 90.5 cm³/mol. The number of thiophene rings is 1. The van der Waals surface area contributed by atoms with Crippen LogP contribution in [0.2, 0.25) is 0 Å². The maximum absolute atomic E-state index is 12.6. The molecule has 4 rings (SSSR count). The fourth-order valence-electron chi connectivity index (χ4n) is 3.39. The van der Waals surface area contributed by atoms with Gasteiger partial charge in [-0.1, -0.05) is 36.8 Å². The Labute approximate surface area is 134 Å². The van der Waals surface area contributed by atoms with Crippen molar-refractivity contribution in [3.05, 3.63) is 51.4 Å². The summed E-state index contributed by atoms with van der Waals surface area (Å²) in [7, 11) is 0. The van der Waals surface area contributed by atoms with Crippen molar-refractivity contribution in [3.8, 4) is 0 Å². The highest BCUT2D eigenvalue weighted by molar-refractivity contribution is 7.16. The molecule has 2 N–H and O–H groups in total. The first kappa shape index (κ1) is 13.8. The minimum Gasteiger partial charge on any atom is -0.353 e. The summed E-state index contributed by atoms with van der Waals surface area (Å²) in [5, 5.41) is 7.68. The van der Waals surface area contributed by atoms with Crippen LogP contribution < -0.4 is 10.6 Å². The van der Waals surface area contributed by atoms with Crippen LogP contribution >= 0.6 is 11.3 Å². The van der Waals surface area contributed by atoms with Crippen molar-refractivity contribution in [3.63, 3.8) is 0 Å². The molecule has 4 heteroatoms. The second-order valence-electron chi connectivity index (χ2n) is 6.52. The molecule has 2 heterocycles. The van der Waals surface area contributed by atoms with Crippen molar-refractivity contribution in [1.82, 2.24) is 5.32 Å². The fraction of sp³-hybridized carbons (Fsp3) is 0.389. The number of hydrogen-bond acceptors (Lipinski definition) is 3. The lowest BCUT2D eigenvalue weighted by Gasteiger charge is -2.27. The number of rotatable bonds is 1. The van der Waals surface area contributed by atoms with Crippen molar-refractivity contribution in [2.75, 3.05) is 5.32 Å². The molecule has 1 amide bonds. The van der Waals surface area contributed by atoms with Gasteiger partial charge in [0.1, 0.15) is 11.2 Å². The molecule has 2 aliphatic rings. The lowest BCUT2D eigenvalue weighted by atomic mass is 9.88. The minimum atomic E-state index is -0.127. The largest absolute Gasteiger partial charge is 0.353 e. The van der Waals surface area contributed by atoms with E-state index in [4.69, 9.17) is 0 Å². The Morgan fingerprint density at radius 2 is 1.95 bits per heavy atom. The number of hydrogen-bond donors (Lipinski definition) is 2. The first-order valence-corrected chi connectivity index (χ1v) is 8.72. The lowest BCUT2D eigenvalue weighted by molar-refractivity contribution is 0.0935. The quantitative estimate of drug-likeness (QED) is 0.834. The van der Waals surface area contributed by atoms with Crippen LogP contribution in [0.5, 0.6) is 0 Å². The number of anilines is 1. The van der Waals surface area contributed by atoms with Gasteiger partial charge in [0.25, 0.3) is 5.91 Å². The number of nitrogens with one attached hydrogen (secondary N) is 2. The first-order chi connectivity index (χ1) is 10.6. The van der Waals surface area contributed by atoms with Gasteiger partial charge in [-0.05, 0) is 43.2 Å². The Hall–Kier alpha value is -1.81. The standard InChI is InChI=1S/C18H20N2OS/c1-10-3-6-12(7-4-10)16-19-17(21)15-13-8-5-11(2)9-14(13)22-18(15)20-16/h3-4,6-7,11,16,20H,5,8-9H2,1-2H3,(H,19,21). The van der Waals surface area contributed by atoms with Gasteiger partial charge >= 0.3 is 0 Å². The minimum absolute atomic E-state index is 0.0754. The van der Waals surface area contributed by atoms with Gasteiger partial charge in [0.15, 0.2) is 0 Å². The van der Waals surface area contributed by atoms with Crippen molar-refractivity contribution < 1.29 is 4.79 Å². The molecular formula is C18H20N2OS. The van der Waals surface area contributed by atoms with E-state index >= 15 is 0 Å². The molecule has 1 aromatic heterocycles. The van der Waals surface area contributed by atoms with E-state index in [1.54, 1.807) is 11.3 Å². The summed E-state index contributed by atoms with van der Waals surface area (Å²) in [5.74, 6) is 0.801. The van der Waals surface area contributed by atoms with Crippen LogP contribution in [-0.4, -0.2) is 5.91 Å². The van der Waals surface area contributed by atoms with E-state index in [1.165, 1.54) is 22.4 Å². The Balaban J connectivity index is 1.69. The van der Waals surface area contributed by atoms with Crippen molar-refractivity contribution in [2.24, 2.45) is 5.92 Å². The van der Waals surface area contributed by atoms with Crippen molar-refractivity contribution in [1.29, 1.82) is 0 Å². The van der Waals surface area contributed by atoms with Crippen LogP contribution in [0.3, 0.4) is 0 Å². The lowest BCUT2D eigenvalue weighted by Crippen LogP contribution is -2.38. The van der Waals surface area contributed by atoms with E-state index in [1.807, 2.05) is 0 Å². The Kier molecular flexibility index (Phi) is 3.22. The molecule has 114 valence electrons. The average molecular weight is 312 g/mol. The molecule has 0 saturated carbocycles. The van der Waals surface area contributed by atoms with Crippen molar-refractivity contribution in [2.45, 2.75) is 39.3 Å². The van der Waals surface area contributed by atoms with Crippen LogP contribution in [0.1, 0.15) is 51.4 Å². The summed E-state index contributed by atoms with van der Waals surface area (Å²) < 4.78 is 0. The van der Waals surface area contributed by atoms with Gasteiger partial charge < -0.3 is 10.6 Å². The van der Waals surface area contributed by atoms with Gasteiger partial charge in [-0.2, -0.15) is 0 Å². The van der Waals surface area contributed by atoms with Crippen LogP contribution in [-0.2, 0) is 12.8 Å². The Morgan fingerprint density at radius 1 is 1.18 bits per heavy atom. The molecule has 2 atom stereocenters. The molecule has 22 heavy (non-hydrogen) atoms. The molecule has 2 aromatic rings. The number of carbonyl (C=O) groups is 1. The van der Waals surface area contributed by atoms with Gasteiger partial charge in [0, 0.05) is 4.88 Å². The first-order valence-electron chi connectivity index (χ1n) is 7.90. The molecule has 1 aromatic carbocycles. The van der Waals surface area contributed by atoms with Crippen LogP contribution in [0.4, 0.5) is 5.00 Å². The van der Waals surface area contributed by atoms with E-state index < -0.39 is 0 Å². The van der Waals surface area contributed by atoms with E-state index in [0.29, 0.717) is 0 Å². The van der Waals surface area contributed by atoms with E-state index in [2.05, 4.69) is 48.7 Å². The highest BCUT2D eigenvalue weighted by Crippen LogP contribution is 2.42. The summed E-state index contributed by atoms with van der Waals surface area (Å²) in [6, 6.07) is 8.32. The number of amides is 1. The molecule has 3 nitrogen and oxygen atoms in total. The van der Waals surface area contributed by atoms with Gasteiger partial charge in [-0.25, -0.2) is 0 Å². The molecule has 0 fully saturated rings. The highest BCUT2D eigenvalue weighted by atomic mass is 32.1. The third-order valence-electron chi connectivity index (χ3n) is 4.70. The second kappa shape index (κ2) is 5.13. The average Bonchev–Trinajstić information content (AvgIpc) is 2.85. The highest BCUT2D eigenvalue weighted by Gasteiger charge is 2.32. The fourth-order valence-corrected chi connectivity index (χ4v) is 4.82. The number of carbonyl (C=O) groups excluding carboxylic acids is 1. The normalized spacial score (nSPS) is 23.3. The van der Waals surface area contributed by atoms with E-state index in [0.717, 1.165) is 34.9 Å². The van der Waals surface area contributed by atoms with Gasteiger partial charge in [0.05, 0.1) is 5.56 Å².